The van der Waals surface area contributed by atoms with E-state index in [1.165, 1.54) is 0 Å². The fourth-order valence-electron chi connectivity index (χ4n) is 3.94. The number of anilines is 2. The largest absolute Gasteiger partial charge is 0.477 e. The smallest absolute Gasteiger partial charge is 0.265 e. The molecule has 0 spiro atoms. The second kappa shape index (κ2) is 8.75. The molecule has 7 nitrogen and oxygen atoms in total. The van der Waals surface area contributed by atoms with Crippen molar-refractivity contribution in [2.45, 2.75) is 20.0 Å². The third-order valence-electron chi connectivity index (χ3n) is 5.54. The molecule has 0 aliphatic carbocycles. The number of hydrogen-bond acceptors (Lipinski definition) is 5. The zero-order valence-corrected chi connectivity index (χ0v) is 17.4. The van der Waals surface area contributed by atoms with E-state index in [1.807, 2.05) is 61.2 Å². The second-order valence-electron chi connectivity index (χ2n) is 7.71. The summed E-state index contributed by atoms with van der Waals surface area (Å²) in [5.74, 6) is 0.435. The van der Waals surface area contributed by atoms with Gasteiger partial charge in [-0.2, -0.15) is 0 Å². The molecule has 1 atom stereocenters. The summed E-state index contributed by atoms with van der Waals surface area (Å²) in [5, 5.41) is 3.03. The minimum Gasteiger partial charge on any atom is -0.477 e. The number of carbonyl (C=O) groups excluding carboxylic acids is 2. The van der Waals surface area contributed by atoms with Crippen molar-refractivity contribution < 1.29 is 19.1 Å². The molecule has 1 saturated heterocycles. The van der Waals surface area contributed by atoms with Gasteiger partial charge in [-0.25, -0.2) is 0 Å². The molecule has 0 aromatic heterocycles. The number of para-hydroxylation sites is 3. The van der Waals surface area contributed by atoms with Crippen molar-refractivity contribution >= 4 is 23.2 Å². The molecule has 2 heterocycles. The first kappa shape index (κ1) is 20.2. The standard InChI is InChI=1S/C23H27N3O4/c1-16-6-5-7-17(2)22(16)24-21(27)15-26-14-20(23(28)25-10-12-29-13-11-25)30-19-9-4-3-8-18(19)26/h3-9,20H,10-15H2,1-2H3,(H,24,27)/t20-/m0/s1. The average molecular weight is 409 g/mol. The number of nitrogens with one attached hydrogen (secondary N) is 1. The van der Waals surface area contributed by atoms with Gasteiger partial charge in [-0.05, 0) is 37.1 Å². The molecule has 0 saturated carbocycles. The third-order valence-corrected chi connectivity index (χ3v) is 5.54. The molecule has 0 radical (unpaired) electrons. The number of hydrogen-bond donors (Lipinski definition) is 1. The molecular weight excluding hydrogens is 382 g/mol. The van der Waals surface area contributed by atoms with Crippen molar-refractivity contribution in [2.24, 2.45) is 0 Å². The Morgan fingerprint density at radius 3 is 2.47 bits per heavy atom. The Hall–Kier alpha value is -3.06. The van der Waals surface area contributed by atoms with Crippen molar-refractivity contribution in [3.63, 3.8) is 0 Å². The summed E-state index contributed by atoms with van der Waals surface area (Å²) in [7, 11) is 0. The van der Waals surface area contributed by atoms with Crippen LogP contribution in [0.4, 0.5) is 11.4 Å². The zero-order chi connectivity index (χ0) is 21.1. The highest BCUT2D eigenvalue weighted by Gasteiger charge is 2.34. The van der Waals surface area contributed by atoms with Gasteiger partial charge in [-0.3, -0.25) is 9.59 Å². The van der Waals surface area contributed by atoms with Crippen LogP contribution in [0.5, 0.6) is 5.75 Å². The first-order valence-corrected chi connectivity index (χ1v) is 10.3. The molecule has 2 aliphatic rings. The number of nitrogens with zero attached hydrogens (tertiary/aromatic N) is 2. The molecule has 1 N–H and O–H groups in total. The summed E-state index contributed by atoms with van der Waals surface area (Å²) in [4.78, 5) is 29.6. The maximum absolute atomic E-state index is 13.0. The van der Waals surface area contributed by atoms with E-state index in [9.17, 15) is 9.59 Å². The van der Waals surface area contributed by atoms with Crippen LogP contribution in [-0.4, -0.2) is 62.2 Å². The van der Waals surface area contributed by atoms with E-state index in [2.05, 4.69) is 5.32 Å². The zero-order valence-electron chi connectivity index (χ0n) is 17.4. The summed E-state index contributed by atoms with van der Waals surface area (Å²) in [6, 6.07) is 13.5. The van der Waals surface area contributed by atoms with Gasteiger partial charge in [0.1, 0.15) is 5.75 Å². The van der Waals surface area contributed by atoms with E-state index in [0.29, 0.717) is 38.6 Å². The van der Waals surface area contributed by atoms with Gasteiger partial charge in [-0.1, -0.05) is 30.3 Å². The van der Waals surface area contributed by atoms with E-state index >= 15 is 0 Å². The monoisotopic (exact) mass is 409 g/mol. The molecule has 7 heteroatoms. The molecule has 30 heavy (non-hydrogen) atoms. The van der Waals surface area contributed by atoms with Crippen LogP contribution in [0, 0.1) is 13.8 Å². The third kappa shape index (κ3) is 4.26. The van der Waals surface area contributed by atoms with Gasteiger partial charge in [0.25, 0.3) is 5.91 Å². The van der Waals surface area contributed by atoms with Crippen LogP contribution in [-0.2, 0) is 14.3 Å². The lowest BCUT2D eigenvalue weighted by atomic mass is 10.1. The Morgan fingerprint density at radius 2 is 1.73 bits per heavy atom. The molecular formula is C23H27N3O4. The highest BCUT2D eigenvalue weighted by atomic mass is 16.5. The van der Waals surface area contributed by atoms with Gasteiger partial charge < -0.3 is 24.6 Å². The molecule has 158 valence electrons. The fourth-order valence-corrected chi connectivity index (χ4v) is 3.94. The van der Waals surface area contributed by atoms with Gasteiger partial charge >= 0.3 is 0 Å². The summed E-state index contributed by atoms with van der Waals surface area (Å²) >= 11 is 0. The van der Waals surface area contributed by atoms with Crippen molar-refractivity contribution in [1.29, 1.82) is 0 Å². The van der Waals surface area contributed by atoms with E-state index < -0.39 is 6.10 Å². The number of aryl methyl sites for hydroxylation is 2. The van der Waals surface area contributed by atoms with Gasteiger partial charge in [0.2, 0.25) is 5.91 Å². The van der Waals surface area contributed by atoms with E-state index in [-0.39, 0.29) is 18.4 Å². The Balaban J connectivity index is 1.51. The van der Waals surface area contributed by atoms with Crippen molar-refractivity contribution in [3.8, 4) is 5.75 Å². The summed E-state index contributed by atoms with van der Waals surface area (Å²) in [6.45, 7) is 6.62. The minimum atomic E-state index is -0.647. The topological polar surface area (TPSA) is 71.1 Å². The minimum absolute atomic E-state index is 0.0621. The SMILES string of the molecule is Cc1cccc(C)c1NC(=O)CN1C[C@@H](C(=O)N2CCOCC2)Oc2ccccc21. The summed E-state index contributed by atoms with van der Waals surface area (Å²) in [6.07, 6.45) is -0.647. The number of morpholine rings is 1. The molecule has 2 aromatic rings. The van der Waals surface area contributed by atoms with Crippen LogP contribution < -0.4 is 15.0 Å². The Labute approximate surface area is 176 Å². The first-order chi connectivity index (χ1) is 14.5. The normalized spacial score (nSPS) is 18.4. The highest BCUT2D eigenvalue weighted by molar-refractivity contribution is 5.96. The van der Waals surface area contributed by atoms with Crippen LogP contribution in [0.2, 0.25) is 0 Å². The first-order valence-electron chi connectivity index (χ1n) is 10.3. The van der Waals surface area contributed by atoms with Gasteiger partial charge in [0, 0.05) is 18.8 Å². The molecule has 4 rings (SSSR count). The summed E-state index contributed by atoms with van der Waals surface area (Å²) < 4.78 is 11.4. The van der Waals surface area contributed by atoms with Crippen LogP contribution in [0.3, 0.4) is 0 Å². The number of ether oxygens (including phenoxy) is 2. The summed E-state index contributed by atoms with van der Waals surface area (Å²) in [5.41, 5.74) is 3.70. The van der Waals surface area contributed by atoms with Crippen molar-refractivity contribution in [1.82, 2.24) is 4.90 Å². The Kier molecular flexibility index (Phi) is 5.90. The van der Waals surface area contributed by atoms with E-state index in [0.717, 1.165) is 22.5 Å². The quantitative estimate of drug-likeness (QED) is 0.840. The second-order valence-corrected chi connectivity index (χ2v) is 7.71. The number of rotatable bonds is 4. The van der Waals surface area contributed by atoms with Crippen molar-refractivity contribution in [3.05, 3.63) is 53.6 Å². The lowest BCUT2D eigenvalue weighted by Gasteiger charge is -2.38. The Bertz CT molecular complexity index is 920. The van der Waals surface area contributed by atoms with E-state index in [1.54, 1.807) is 4.90 Å². The predicted molar refractivity (Wildman–Crippen MR) is 115 cm³/mol. The number of amides is 2. The molecule has 0 bridgehead atoms. The molecule has 1 fully saturated rings. The number of benzene rings is 2. The maximum atomic E-state index is 13.0. The molecule has 2 aromatic carbocycles. The number of carbonyl (C=O) groups is 2. The van der Waals surface area contributed by atoms with Crippen LogP contribution in [0.25, 0.3) is 0 Å². The van der Waals surface area contributed by atoms with Crippen LogP contribution in [0.1, 0.15) is 11.1 Å². The molecule has 0 unspecified atom stereocenters. The van der Waals surface area contributed by atoms with Gasteiger partial charge in [-0.15, -0.1) is 0 Å². The van der Waals surface area contributed by atoms with Gasteiger partial charge in [0.05, 0.1) is 32.0 Å². The van der Waals surface area contributed by atoms with Gasteiger partial charge in [0.15, 0.2) is 6.10 Å². The lowest BCUT2D eigenvalue weighted by molar-refractivity contribution is -0.142. The highest BCUT2D eigenvalue weighted by Crippen LogP contribution is 2.33. The lowest BCUT2D eigenvalue weighted by Crippen LogP contribution is -2.53. The molecule has 2 aliphatic heterocycles. The van der Waals surface area contributed by atoms with Crippen LogP contribution in [0.15, 0.2) is 42.5 Å². The van der Waals surface area contributed by atoms with E-state index in [4.69, 9.17) is 9.47 Å². The molecule has 2 amide bonds. The average Bonchev–Trinajstić information content (AvgIpc) is 2.76. The van der Waals surface area contributed by atoms with Crippen LogP contribution >= 0.6 is 0 Å². The fraction of sp³-hybridized carbons (Fsp3) is 0.391. The number of fused-ring (bicyclic) bond motifs is 1. The maximum Gasteiger partial charge on any atom is 0.265 e. The predicted octanol–water partition coefficient (Wildman–Crippen LogP) is 2.37. The van der Waals surface area contributed by atoms with Crippen molar-refractivity contribution in [2.75, 3.05) is 49.6 Å². The Morgan fingerprint density at radius 1 is 1.03 bits per heavy atom.